The van der Waals surface area contributed by atoms with Gasteiger partial charge in [0, 0.05) is 11.1 Å². The molecule has 2 aromatic rings. The number of ketones is 2. The summed E-state index contributed by atoms with van der Waals surface area (Å²) in [5.74, 6) is -1.20. The molecule has 4 heteroatoms. The van der Waals surface area contributed by atoms with E-state index in [0.717, 1.165) is 5.56 Å². The second-order valence-electron chi connectivity index (χ2n) is 5.91. The molecule has 0 bridgehead atoms. The number of hydrogen-bond donors (Lipinski definition) is 0. The maximum atomic E-state index is 13.2. The number of ether oxygens (including phenoxy) is 1. The molecule has 0 aromatic heterocycles. The molecular formula is C20H18O4. The maximum absolute atomic E-state index is 13.2. The first-order chi connectivity index (χ1) is 11.5. The molecule has 0 spiro atoms. The van der Waals surface area contributed by atoms with Crippen LogP contribution in [0.15, 0.2) is 48.5 Å². The highest BCUT2D eigenvalue weighted by atomic mass is 16.5. The van der Waals surface area contributed by atoms with E-state index in [1.807, 2.05) is 19.1 Å². The van der Waals surface area contributed by atoms with Crippen molar-refractivity contribution in [3.8, 4) is 0 Å². The third kappa shape index (κ3) is 2.26. The molecule has 1 aliphatic carbocycles. The summed E-state index contributed by atoms with van der Waals surface area (Å²) >= 11 is 0. The second kappa shape index (κ2) is 6.04. The summed E-state index contributed by atoms with van der Waals surface area (Å²) < 4.78 is 5.04. The van der Waals surface area contributed by atoms with Crippen molar-refractivity contribution in [3.63, 3.8) is 0 Å². The lowest BCUT2D eigenvalue weighted by Crippen LogP contribution is -2.41. The van der Waals surface area contributed by atoms with Gasteiger partial charge in [0.25, 0.3) is 0 Å². The van der Waals surface area contributed by atoms with Gasteiger partial charge in [0.05, 0.1) is 13.0 Å². The summed E-state index contributed by atoms with van der Waals surface area (Å²) in [6.45, 7) is 3.75. The van der Waals surface area contributed by atoms with Crippen LogP contribution in [0.1, 0.15) is 45.2 Å². The fourth-order valence-electron chi connectivity index (χ4n) is 3.42. The lowest BCUT2D eigenvalue weighted by Gasteiger charge is -2.27. The maximum Gasteiger partial charge on any atom is 0.307 e. The largest absolute Gasteiger partial charge is 0.466 e. The molecule has 0 saturated carbocycles. The standard InChI is InChI=1S/C20H18O4/c1-3-24-17(21)12-20(16-11-7-4-8-13(16)2)18(22)14-9-5-6-10-15(14)19(20)23/h4-11H,3,12H2,1-2H3. The van der Waals surface area contributed by atoms with Gasteiger partial charge in [0.1, 0.15) is 5.41 Å². The first-order valence-corrected chi connectivity index (χ1v) is 7.92. The van der Waals surface area contributed by atoms with Crippen LogP contribution in [0.3, 0.4) is 0 Å². The molecule has 0 unspecified atom stereocenters. The summed E-state index contributed by atoms with van der Waals surface area (Å²) in [5.41, 5.74) is 0.590. The Labute approximate surface area is 140 Å². The van der Waals surface area contributed by atoms with Crippen molar-refractivity contribution < 1.29 is 19.1 Å². The number of esters is 1. The normalized spacial score (nSPS) is 15.2. The van der Waals surface area contributed by atoms with Gasteiger partial charge < -0.3 is 4.74 Å². The molecule has 1 aliphatic rings. The van der Waals surface area contributed by atoms with Crippen LogP contribution in [0.2, 0.25) is 0 Å². The Kier molecular flexibility index (Phi) is 4.06. The Morgan fingerprint density at radius 1 is 0.958 bits per heavy atom. The van der Waals surface area contributed by atoms with E-state index in [2.05, 4.69) is 0 Å². The molecule has 0 amide bonds. The van der Waals surface area contributed by atoms with E-state index in [1.165, 1.54) is 0 Å². The molecule has 122 valence electrons. The highest BCUT2D eigenvalue weighted by Gasteiger charge is 2.55. The molecule has 0 aliphatic heterocycles. The number of hydrogen-bond acceptors (Lipinski definition) is 4. The van der Waals surface area contributed by atoms with Crippen molar-refractivity contribution in [1.82, 2.24) is 0 Å². The van der Waals surface area contributed by atoms with Crippen LogP contribution >= 0.6 is 0 Å². The van der Waals surface area contributed by atoms with Crippen molar-refractivity contribution in [2.24, 2.45) is 0 Å². The number of rotatable bonds is 4. The number of Topliss-reactive ketones (excluding diaryl/α,β-unsaturated/α-hetero) is 2. The van der Waals surface area contributed by atoms with Gasteiger partial charge in [0.2, 0.25) is 0 Å². The highest BCUT2D eigenvalue weighted by Crippen LogP contribution is 2.43. The minimum absolute atomic E-state index is 0.206. The summed E-state index contributed by atoms with van der Waals surface area (Å²) in [5, 5.41) is 0. The van der Waals surface area contributed by atoms with Crippen LogP contribution in [-0.4, -0.2) is 24.1 Å². The fraction of sp³-hybridized carbons (Fsp3) is 0.250. The molecule has 0 heterocycles. The Morgan fingerprint density at radius 3 is 2.04 bits per heavy atom. The predicted molar refractivity (Wildman–Crippen MR) is 89.2 cm³/mol. The summed E-state index contributed by atoms with van der Waals surface area (Å²) in [6, 6.07) is 13.9. The number of benzene rings is 2. The predicted octanol–water partition coefficient (Wildman–Crippen LogP) is 3.27. The van der Waals surface area contributed by atoms with E-state index in [0.29, 0.717) is 16.7 Å². The van der Waals surface area contributed by atoms with Crippen LogP contribution in [-0.2, 0) is 14.9 Å². The average molecular weight is 322 g/mol. The number of carbonyl (C=O) groups is 3. The number of aryl methyl sites for hydroxylation is 1. The van der Waals surface area contributed by atoms with Gasteiger partial charge in [-0.15, -0.1) is 0 Å². The Morgan fingerprint density at radius 2 is 1.50 bits per heavy atom. The van der Waals surface area contributed by atoms with Crippen molar-refractivity contribution in [2.75, 3.05) is 6.61 Å². The van der Waals surface area contributed by atoms with Crippen molar-refractivity contribution >= 4 is 17.5 Å². The van der Waals surface area contributed by atoms with E-state index in [-0.39, 0.29) is 24.6 Å². The van der Waals surface area contributed by atoms with Crippen LogP contribution in [0.25, 0.3) is 0 Å². The van der Waals surface area contributed by atoms with Gasteiger partial charge in [-0.05, 0) is 25.0 Å². The monoisotopic (exact) mass is 322 g/mol. The van der Waals surface area contributed by atoms with Gasteiger partial charge in [-0.25, -0.2) is 0 Å². The van der Waals surface area contributed by atoms with Gasteiger partial charge in [-0.1, -0.05) is 48.5 Å². The van der Waals surface area contributed by atoms with Crippen molar-refractivity contribution in [2.45, 2.75) is 25.7 Å². The lowest BCUT2D eigenvalue weighted by molar-refractivity contribution is -0.143. The molecule has 0 radical (unpaired) electrons. The van der Waals surface area contributed by atoms with Crippen LogP contribution in [0, 0.1) is 6.92 Å². The third-order valence-corrected chi connectivity index (χ3v) is 4.51. The molecular weight excluding hydrogens is 304 g/mol. The second-order valence-corrected chi connectivity index (χ2v) is 5.91. The minimum Gasteiger partial charge on any atom is -0.466 e. The molecule has 3 rings (SSSR count). The Bertz CT molecular complexity index is 800. The Hall–Kier alpha value is -2.75. The average Bonchev–Trinajstić information content (AvgIpc) is 2.79. The molecule has 0 saturated heterocycles. The van der Waals surface area contributed by atoms with E-state index in [9.17, 15) is 14.4 Å². The lowest BCUT2D eigenvalue weighted by atomic mass is 9.72. The third-order valence-electron chi connectivity index (χ3n) is 4.51. The van der Waals surface area contributed by atoms with Crippen molar-refractivity contribution in [3.05, 3.63) is 70.8 Å². The van der Waals surface area contributed by atoms with Gasteiger partial charge >= 0.3 is 5.97 Å². The quantitative estimate of drug-likeness (QED) is 0.640. The van der Waals surface area contributed by atoms with E-state index in [1.54, 1.807) is 43.3 Å². The smallest absolute Gasteiger partial charge is 0.307 e. The van der Waals surface area contributed by atoms with Gasteiger partial charge in [-0.3, -0.25) is 14.4 Å². The fourth-order valence-corrected chi connectivity index (χ4v) is 3.42. The zero-order valence-corrected chi connectivity index (χ0v) is 13.7. The van der Waals surface area contributed by atoms with Crippen LogP contribution in [0.4, 0.5) is 0 Å². The minimum atomic E-state index is -1.53. The zero-order valence-electron chi connectivity index (χ0n) is 13.7. The molecule has 4 nitrogen and oxygen atoms in total. The molecule has 0 atom stereocenters. The molecule has 24 heavy (non-hydrogen) atoms. The topological polar surface area (TPSA) is 60.4 Å². The summed E-state index contributed by atoms with van der Waals surface area (Å²) in [7, 11) is 0. The highest BCUT2D eigenvalue weighted by molar-refractivity contribution is 6.34. The van der Waals surface area contributed by atoms with E-state index >= 15 is 0 Å². The number of carbonyl (C=O) groups excluding carboxylic acids is 3. The first-order valence-electron chi connectivity index (χ1n) is 7.92. The van der Waals surface area contributed by atoms with Crippen molar-refractivity contribution in [1.29, 1.82) is 0 Å². The first kappa shape index (κ1) is 16.1. The Balaban J connectivity index is 2.22. The van der Waals surface area contributed by atoms with E-state index in [4.69, 9.17) is 4.74 Å². The van der Waals surface area contributed by atoms with Crippen LogP contribution < -0.4 is 0 Å². The summed E-state index contributed by atoms with van der Waals surface area (Å²) in [4.78, 5) is 38.6. The van der Waals surface area contributed by atoms with E-state index < -0.39 is 11.4 Å². The van der Waals surface area contributed by atoms with Gasteiger partial charge in [0.15, 0.2) is 11.6 Å². The number of fused-ring (bicyclic) bond motifs is 1. The molecule has 2 aromatic carbocycles. The SMILES string of the molecule is CCOC(=O)CC1(c2ccccc2C)C(=O)c2ccccc2C1=O. The zero-order chi connectivity index (χ0) is 17.3. The summed E-state index contributed by atoms with van der Waals surface area (Å²) in [6.07, 6.45) is -0.280. The molecule has 0 fully saturated rings. The van der Waals surface area contributed by atoms with Gasteiger partial charge in [-0.2, -0.15) is 0 Å². The molecule has 0 N–H and O–H groups in total. The van der Waals surface area contributed by atoms with Crippen LogP contribution in [0.5, 0.6) is 0 Å².